The van der Waals surface area contributed by atoms with Crippen LogP contribution in [0.25, 0.3) is 12.2 Å². The molecule has 0 saturated carbocycles. The molecule has 0 radical (unpaired) electrons. The van der Waals surface area contributed by atoms with E-state index in [4.69, 9.17) is 9.47 Å². The largest absolute Gasteiger partial charge is 0.497 e. The summed E-state index contributed by atoms with van der Waals surface area (Å²) in [5.74, 6) is 1.80. The van der Waals surface area contributed by atoms with E-state index in [1.807, 2.05) is 18.2 Å². The SMILES string of the molecule is CCCN(CCC)C(CC)Oc1ccc(/C=C/c2cccc(OC)c2)cc1.Cl. The molecule has 4 heteroatoms. The summed E-state index contributed by atoms with van der Waals surface area (Å²) >= 11 is 0. The monoisotopic (exact) mass is 403 g/mol. The number of ether oxygens (including phenoxy) is 2. The zero-order valence-electron chi connectivity index (χ0n) is 17.6. The fourth-order valence-corrected chi connectivity index (χ4v) is 3.14. The van der Waals surface area contributed by atoms with Crippen LogP contribution in [0.5, 0.6) is 11.5 Å². The lowest BCUT2D eigenvalue weighted by molar-refractivity contribution is 0.0221. The molecule has 0 bridgehead atoms. The van der Waals surface area contributed by atoms with E-state index in [1.165, 1.54) is 0 Å². The van der Waals surface area contributed by atoms with Crippen molar-refractivity contribution in [2.45, 2.75) is 46.3 Å². The van der Waals surface area contributed by atoms with Crippen molar-refractivity contribution in [2.24, 2.45) is 0 Å². The first-order valence-electron chi connectivity index (χ1n) is 10.0. The maximum Gasteiger partial charge on any atom is 0.152 e. The summed E-state index contributed by atoms with van der Waals surface area (Å²) in [7, 11) is 1.69. The molecule has 1 unspecified atom stereocenters. The average molecular weight is 404 g/mol. The number of halogens is 1. The highest BCUT2D eigenvalue weighted by atomic mass is 35.5. The second kappa shape index (κ2) is 13.2. The van der Waals surface area contributed by atoms with Gasteiger partial charge in [0.25, 0.3) is 0 Å². The van der Waals surface area contributed by atoms with Crippen molar-refractivity contribution >= 4 is 24.6 Å². The number of methoxy groups -OCH3 is 1. The van der Waals surface area contributed by atoms with Crippen LogP contribution >= 0.6 is 12.4 Å². The Morgan fingerprint density at radius 2 is 1.50 bits per heavy atom. The van der Waals surface area contributed by atoms with Gasteiger partial charge in [-0.05, 0) is 54.7 Å². The van der Waals surface area contributed by atoms with Crippen molar-refractivity contribution in [2.75, 3.05) is 20.2 Å². The van der Waals surface area contributed by atoms with Crippen molar-refractivity contribution in [3.05, 3.63) is 59.7 Å². The molecular weight excluding hydrogens is 370 g/mol. The summed E-state index contributed by atoms with van der Waals surface area (Å²) in [6.45, 7) is 8.79. The van der Waals surface area contributed by atoms with Crippen LogP contribution in [0.1, 0.15) is 51.2 Å². The Morgan fingerprint density at radius 3 is 2.07 bits per heavy atom. The van der Waals surface area contributed by atoms with Crippen LogP contribution in [0.15, 0.2) is 48.5 Å². The Kier molecular flexibility index (Phi) is 11.4. The van der Waals surface area contributed by atoms with Gasteiger partial charge in [-0.2, -0.15) is 0 Å². The number of nitrogens with zero attached hydrogens (tertiary/aromatic N) is 1. The maximum absolute atomic E-state index is 6.26. The van der Waals surface area contributed by atoms with Gasteiger partial charge in [0, 0.05) is 13.1 Å². The summed E-state index contributed by atoms with van der Waals surface area (Å²) in [5, 5.41) is 0. The first kappa shape index (κ1) is 24.1. The first-order chi connectivity index (χ1) is 13.2. The van der Waals surface area contributed by atoms with Crippen molar-refractivity contribution in [1.29, 1.82) is 0 Å². The average Bonchev–Trinajstić information content (AvgIpc) is 2.71. The molecule has 0 aromatic heterocycles. The van der Waals surface area contributed by atoms with E-state index in [1.54, 1.807) is 7.11 Å². The Labute approximate surface area is 176 Å². The van der Waals surface area contributed by atoms with E-state index in [0.29, 0.717) is 0 Å². The summed E-state index contributed by atoms with van der Waals surface area (Å²) < 4.78 is 11.5. The zero-order valence-corrected chi connectivity index (χ0v) is 18.4. The molecule has 0 N–H and O–H groups in total. The van der Waals surface area contributed by atoms with Crippen molar-refractivity contribution < 1.29 is 9.47 Å². The lowest BCUT2D eigenvalue weighted by atomic mass is 10.1. The normalized spacial score (nSPS) is 12.0. The van der Waals surface area contributed by atoms with Crippen molar-refractivity contribution in [3.63, 3.8) is 0 Å². The number of benzene rings is 2. The van der Waals surface area contributed by atoms with Gasteiger partial charge >= 0.3 is 0 Å². The van der Waals surface area contributed by atoms with Crippen molar-refractivity contribution in [3.8, 4) is 11.5 Å². The van der Waals surface area contributed by atoms with E-state index < -0.39 is 0 Å². The van der Waals surface area contributed by atoms with Crippen LogP contribution < -0.4 is 9.47 Å². The molecule has 0 fully saturated rings. The third-order valence-electron chi connectivity index (χ3n) is 4.49. The highest BCUT2D eigenvalue weighted by Gasteiger charge is 2.16. The Hall–Kier alpha value is -1.97. The van der Waals surface area contributed by atoms with E-state index in [2.05, 4.69) is 68.2 Å². The Balaban J connectivity index is 0.00000392. The van der Waals surface area contributed by atoms with Crippen LogP contribution in [0.3, 0.4) is 0 Å². The summed E-state index contributed by atoms with van der Waals surface area (Å²) in [6.07, 6.45) is 7.62. The Bertz CT molecular complexity index is 694. The van der Waals surface area contributed by atoms with Crippen LogP contribution in [0, 0.1) is 0 Å². The van der Waals surface area contributed by atoms with Crippen LogP contribution in [-0.2, 0) is 0 Å². The lowest BCUT2D eigenvalue weighted by Gasteiger charge is -2.30. The molecule has 2 rings (SSSR count). The Morgan fingerprint density at radius 1 is 0.857 bits per heavy atom. The topological polar surface area (TPSA) is 21.7 Å². The molecule has 1 atom stereocenters. The molecule has 0 spiro atoms. The predicted octanol–water partition coefficient (Wildman–Crippen LogP) is 6.52. The van der Waals surface area contributed by atoms with Gasteiger partial charge in [-0.25, -0.2) is 0 Å². The number of rotatable bonds is 11. The van der Waals surface area contributed by atoms with Gasteiger partial charge in [0.05, 0.1) is 7.11 Å². The molecule has 2 aromatic rings. The van der Waals surface area contributed by atoms with Gasteiger partial charge in [0.1, 0.15) is 11.5 Å². The fraction of sp³-hybridized carbons (Fsp3) is 0.417. The van der Waals surface area contributed by atoms with Gasteiger partial charge in [0.2, 0.25) is 0 Å². The second-order valence-corrected chi connectivity index (χ2v) is 6.70. The minimum absolute atomic E-state index is 0. The number of hydrogen-bond acceptors (Lipinski definition) is 3. The van der Waals surface area contributed by atoms with Gasteiger partial charge < -0.3 is 9.47 Å². The van der Waals surface area contributed by atoms with Crippen LogP contribution in [0.4, 0.5) is 0 Å². The van der Waals surface area contributed by atoms with Gasteiger partial charge in [-0.15, -0.1) is 12.4 Å². The smallest absolute Gasteiger partial charge is 0.152 e. The third-order valence-corrected chi connectivity index (χ3v) is 4.49. The standard InChI is InChI=1S/C24H33NO2.ClH/c1-5-17-25(18-6-2)24(7-3)27-22-15-13-20(14-16-22)11-12-21-9-8-10-23(19-21)26-4;/h8-16,19,24H,5-7,17-18H2,1-4H3;1H/b12-11+;. The zero-order chi connectivity index (χ0) is 19.5. The van der Waals surface area contributed by atoms with Crippen LogP contribution in [-0.4, -0.2) is 31.3 Å². The first-order valence-corrected chi connectivity index (χ1v) is 10.0. The molecule has 0 amide bonds. The predicted molar refractivity (Wildman–Crippen MR) is 122 cm³/mol. The fourth-order valence-electron chi connectivity index (χ4n) is 3.14. The molecule has 0 aliphatic carbocycles. The second-order valence-electron chi connectivity index (χ2n) is 6.70. The molecule has 154 valence electrons. The molecule has 0 saturated heterocycles. The van der Waals surface area contributed by atoms with Crippen LogP contribution in [0.2, 0.25) is 0 Å². The molecule has 3 nitrogen and oxygen atoms in total. The minimum atomic E-state index is 0. The van der Waals surface area contributed by atoms with E-state index in [0.717, 1.165) is 55.0 Å². The maximum atomic E-state index is 6.26. The van der Waals surface area contributed by atoms with Crippen molar-refractivity contribution in [1.82, 2.24) is 4.90 Å². The highest BCUT2D eigenvalue weighted by Crippen LogP contribution is 2.19. The molecule has 0 aliphatic rings. The van der Waals surface area contributed by atoms with Gasteiger partial charge in [0.15, 0.2) is 6.23 Å². The molecule has 0 heterocycles. The summed E-state index contributed by atoms with van der Waals surface area (Å²) in [6, 6.07) is 16.4. The lowest BCUT2D eigenvalue weighted by Crippen LogP contribution is -2.40. The van der Waals surface area contributed by atoms with E-state index in [-0.39, 0.29) is 18.6 Å². The summed E-state index contributed by atoms with van der Waals surface area (Å²) in [4.78, 5) is 2.44. The van der Waals surface area contributed by atoms with E-state index in [9.17, 15) is 0 Å². The van der Waals surface area contributed by atoms with Gasteiger partial charge in [-0.3, -0.25) is 4.90 Å². The molecular formula is C24H34ClNO2. The number of hydrogen-bond donors (Lipinski definition) is 0. The third kappa shape index (κ3) is 7.57. The molecule has 28 heavy (non-hydrogen) atoms. The molecule has 2 aromatic carbocycles. The molecule has 0 aliphatic heterocycles. The van der Waals surface area contributed by atoms with Gasteiger partial charge in [-0.1, -0.05) is 57.2 Å². The quantitative estimate of drug-likeness (QED) is 0.314. The minimum Gasteiger partial charge on any atom is -0.497 e. The summed E-state index contributed by atoms with van der Waals surface area (Å²) in [5.41, 5.74) is 2.27. The van der Waals surface area contributed by atoms with E-state index >= 15 is 0 Å². The highest BCUT2D eigenvalue weighted by molar-refractivity contribution is 5.85.